The first kappa shape index (κ1) is 16.2. The van der Waals surface area contributed by atoms with Gasteiger partial charge in [0.25, 0.3) is 0 Å². The Bertz CT molecular complexity index is 592. The van der Waals surface area contributed by atoms with Gasteiger partial charge in [-0.25, -0.2) is 0 Å². The van der Waals surface area contributed by atoms with E-state index in [1.807, 2.05) is 11.4 Å². The number of nitrogens with one attached hydrogen (secondary N) is 1. The van der Waals surface area contributed by atoms with Gasteiger partial charge in [-0.15, -0.1) is 11.3 Å². The summed E-state index contributed by atoms with van der Waals surface area (Å²) >= 11 is 5.01. The van der Waals surface area contributed by atoms with Gasteiger partial charge in [0, 0.05) is 33.4 Å². The second-order valence-electron chi connectivity index (χ2n) is 4.16. The van der Waals surface area contributed by atoms with Crippen molar-refractivity contribution in [2.45, 2.75) is 19.7 Å². The minimum absolute atomic E-state index is 0.0786. The predicted octanol–water partition coefficient (Wildman–Crippen LogP) is 4.41. The second-order valence-corrected chi connectivity index (χ2v) is 6.07. The lowest BCUT2D eigenvalue weighted by Crippen LogP contribution is -2.14. The molecule has 0 unspecified atom stereocenters. The first-order chi connectivity index (χ1) is 10.1. The van der Waals surface area contributed by atoms with E-state index in [4.69, 9.17) is 4.74 Å². The third-order valence-electron chi connectivity index (χ3n) is 2.72. The van der Waals surface area contributed by atoms with Gasteiger partial charge in [0.2, 0.25) is 0 Å². The molecule has 0 amide bonds. The number of hydrogen-bond donors (Lipinski definition) is 1. The minimum Gasteiger partial charge on any atom is -0.493 e. The van der Waals surface area contributed by atoms with Gasteiger partial charge in [-0.05, 0) is 28.1 Å². The van der Waals surface area contributed by atoms with Crippen LogP contribution in [0.3, 0.4) is 0 Å². The molecule has 0 bridgehead atoms. The van der Waals surface area contributed by atoms with Crippen LogP contribution in [0.1, 0.15) is 10.4 Å². The second kappa shape index (κ2) is 7.72. The summed E-state index contributed by atoms with van der Waals surface area (Å²) in [5.74, 6) is 0.378. The molecule has 1 N–H and O–H groups in total. The predicted molar refractivity (Wildman–Crippen MR) is 82.2 cm³/mol. The summed E-state index contributed by atoms with van der Waals surface area (Å²) < 4.78 is 35.7. The molecule has 0 radical (unpaired) electrons. The molecule has 0 aliphatic heterocycles. The van der Waals surface area contributed by atoms with Crippen molar-refractivity contribution in [3.63, 3.8) is 0 Å². The Labute approximate surface area is 134 Å². The average molecular weight is 378 g/mol. The molecule has 7 heteroatoms. The zero-order valence-electron chi connectivity index (χ0n) is 11.2. The maximum Gasteiger partial charge on any atom is 0.387 e. The van der Waals surface area contributed by atoms with E-state index in [2.05, 4.69) is 26.0 Å². The van der Waals surface area contributed by atoms with Gasteiger partial charge in [0.1, 0.15) is 0 Å². The van der Waals surface area contributed by atoms with E-state index in [9.17, 15) is 8.78 Å². The third-order valence-corrected chi connectivity index (χ3v) is 4.42. The lowest BCUT2D eigenvalue weighted by Gasteiger charge is -2.14. The first-order valence-electron chi connectivity index (χ1n) is 6.14. The summed E-state index contributed by atoms with van der Waals surface area (Å²) in [6.07, 6.45) is 0. The van der Waals surface area contributed by atoms with Crippen LogP contribution in [0.25, 0.3) is 0 Å². The van der Waals surface area contributed by atoms with Gasteiger partial charge in [0.15, 0.2) is 11.5 Å². The van der Waals surface area contributed by atoms with Gasteiger partial charge in [-0.2, -0.15) is 8.78 Å². The number of halogens is 3. The number of alkyl halides is 2. The van der Waals surface area contributed by atoms with E-state index >= 15 is 0 Å². The topological polar surface area (TPSA) is 30.5 Å². The van der Waals surface area contributed by atoms with Crippen LogP contribution in [0.5, 0.6) is 11.5 Å². The summed E-state index contributed by atoms with van der Waals surface area (Å²) in [5.41, 5.74) is 0.630. The molecule has 114 valence electrons. The van der Waals surface area contributed by atoms with E-state index in [0.29, 0.717) is 24.4 Å². The van der Waals surface area contributed by atoms with Crippen molar-refractivity contribution in [2.75, 3.05) is 7.11 Å². The highest BCUT2D eigenvalue weighted by molar-refractivity contribution is 9.10. The Morgan fingerprint density at radius 2 is 2.14 bits per heavy atom. The molecule has 1 aromatic heterocycles. The third kappa shape index (κ3) is 4.66. The summed E-state index contributed by atoms with van der Waals surface area (Å²) in [6, 6.07) is 7.09. The molecule has 1 aromatic carbocycles. The quantitative estimate of drug-likeness (QED) is 0.774. The summed E-state index contributed by atoms with van der Waals surface area (Å²) in [4.78, 5) is 1.15. The number of benzene rings is 1. The van der Waals surface area contributed by atoms with E-state index in [0.717, 1.165) is 9.35 Å². The van der Waals surface area contributed by atoms with Crippen molar-refractivity contribution in [1.82, 2.24) is 5.32 Å². The highest BCUT2D eigenvalue weighted by Crippen LogP contribution is 2.32. The van der Waals surface area contributed by atoms with Gasteiger partial charge in [0.05, 0.1) is 7.11 Å². The SMILES string of the molecule is COc1cccc(CNCc2cc(Br)cs2)c1OC(F)F. The standard InChI is InChI=1S/C14H14BrF2NO2S/c1-19-12-4-2-3-9(13(12)20-14(16)17)6-18-7-11-5-10(15)8-21-11/h2-5,8,14,18H,6-7H2,1H3. The maximum atomic E-state index is 12.5. The van der Waals surface area contributed by atoms with Crippen molar-refractivity contribution in [3.05, 3.63) is 44.6 Å². The fourth-order valence-electron chi connectivity index (χ4n) is 1.85. The van der Waals surface area contributed by atoms with Crippen LogP contribution in [-0.2, 0) is 13.1 Å². The molecule has 0 saturated heterocycles. The van der Waals surface area contributed by atoms with E-state index in [-0.39, 0.29) is 5.75 Å². The Morgan fingerprint density at radius 3 is 2.76 bits per heavy atom. The number of para-hydroxylation sites is 1. The Hall–Kier alpha value is -1.18. The van der Waals surface area contributed by atoms with E-state index < -0.39 is 6.61 Å². The highest BCUT2D eigenvalue weighted by Gasteiger charge is 2.15. The van der Waals surface area contributed by atoms with Crippen molar-refractivity contribution in [3.8, 4) is 11.5 Å². The van der Waals surface area contributed by atoms with Gasteiger partial charge < -0.3 is 14.8 Å². The molecule has 2 rings (SSSR count). The van der Waals surface area contributed by atoms with Crippen LogP contribution >= 0.6 is 27.3 Å². The smallest absolute Gasteiger partial charge is 0.387 e. The lowest BCUT2D eigenvalue weighted by molar-refractivity contribution is -0.0518. The van der Waals surface area contributed by atoms with Crippen LogP contribution in [0.2, 0.25) is 0 Å². The monoisotopic (exact) mass is 377 g/mol. The number of methoxy groups -OCH3 is 1. The van der Waals surface area contributed by atoms with Crippen LogP contribution < -0.4 is 14.8 Å². The average Bonchev–Trinajstić information content (AvgIpc) is 2.85. The van der Waals surface area contributed by atoms with Crippen LogP contribution in [-0.4, -0.2) is 13.7 Å². The summed E-state index contributed by atoms with van der Waals surface area (Å²) in [5, 5.41) is 5.20. The van der Waals surface area contributed by atoms with E-state index in [1.54, 1.807) is 29.5 Å². The molecule has 0 aliphatic rings. The molecule has 21 heavy (non-hydrogen) atoms. The molecular formula is C14H14BrF2NO2S. The molecule has 2 aromatic rings. The largest absolute Gasteiger partial charge is 0.493 e. The van der Waals surface area contributed by atoms with Crippen molar-refractivity contribution < 1.29 is 18.3 Å². The minimum atomic E-state index is -2.88. The Kier molecular flexibility index (Phi) is 5.96. The Balaban J connectivity index is 2.04. The highest BCUT2D eigenvalue weighted by atomic mass is 79.9. The van der Waals surface area contributed by atoms with Crippen LogP contribution in [0.4, 0.5) is 8.78 Å². The van der Waals surface area contributed by atoms with Gasteiger partial charge in [-0.1, -0.05) is 12.1 Å². The molecule has 3 nitrogen and oxygen atoms in total. The fraction of sp³-hybridized carbons (Fsp3) is 0.286. The van der Waals surface area contributed by atoms with Gasteiger partial charge in [-0.3, -0.25) is 0 Å². The number of hydrogen-bond acceptors (Lipinski definition) is 4. The summed E-state index contributed by atoms with van der Waals surface area (Å²) in [6.45, 7) is -1.82. The molecule has 0 spiro atoms. The number of rotatable bonds is 7. The van der Waals surface area contributed by atoms with Crippen molar-refractivity contribution in [2.24, 2.45) is 0 Å². The lowest BCUT2D eigenvalue weighted by atomic mass is 10.2. The number of ether oxygens (including phenoxy) is 2. The molecule has 0 atom stereocenters. The molecule has 0 saturated carbocycles. The zero-order valence-corrected chi connectivity index (χ0v) is 13.6. The summed E-state index contributed by atoms with van der Waals surface area (Å²) in [7, 11) is 1.42. The Morgan fingerprint density at radius 1 is 1.33 bits per heavy atom. The normalized spacial score (nSPS) is 10.9. The van der Waals surface area contributed by atoms with Crippen LogP contribution in [0.15, 0.2) is 34.1 Å². The molecule has 1 heterocycles. The zero-order chi connectivity index (χ0) is 15.2. The molecule has 0 fully saturated rings. The van der Waals surface area contributed by atoms with Crippen molar-refractivity contribution >= 4 is 27.3 Å². The first-order valence-corrected chi connectivity index (χ1v) is 7.81. The molecular weight excluding hydrogens is 364 g/mol. The van der Waals surface area contributed by atoms with E-state index in [1.165, 1.54) is 7.11 Å². The van der Waals surface area contributed by atoms with Gasteiger partial charge >= 0.3 is 6.61 Å². The van der Waals surface area contributed by atoms with Crippen molar-refractivity contribution in [1.29, 1.82) is 0 Å². The molecule has 0 aliphatic carbocycles. The fourth-order valence-corrected chi connectivity index (χ4v) is 3.27. The maximum absolute atomic E-state index is 12.5. The number of thiophene rings is 1. The van der Waals surface area contributed by atoms with Crippen LogP contribution in [0, 0.1) is 0 Å².